The Labute approximate surface area is 111 Å². The maximum absolute atomic E-state index is 12.2. The van der Waals surface area contributed by atoms with E-state index in [2.05, 4.69) is 14.7 Å². The van der Waals surface area contributed by atoms with Gasteiger partial charge in [0.25, 0.3) is 0 Å². The predicted molar refractivity (Wildman–Crippen MR) is 72.1 cm³/mol. The van der Waals surface area contributed by atoms with Gasteiger partial charge in [-0.05, 0) is 12.1 Å². The standard InChI is InChI=1S/C12H17N3O3S/c1-12(2,8-16)7-15-19(17,18)10-6-14-11-9(10)4-3-5-13-11/h3-6,15-16H,7-8H2,1-2H3,(H,13,14). The van der Waals surface area contributed by atoms with Gasteiger partial charge in [0.1, 0.15) is 10.5 Å². The van der Waals surface area contributed by atoms with Gasteiger partial charge in [0.15, 0.2) is 0 Å². The van der Waals surface area contributed by atoms with Gasteiger partial charge in [-0.1, -0.05) is 13.8 Å². The quantitative estimate of drug-likeness (QED) is 0.758. The first-order chi connectivity index (χ1) is 8.86. The average Bonchev–Trinajstić information content (AvgIpc) is 2.81. The maximum atomic E-state index is 12.2. The van der Waals surface area contributed by atoms with Crippen LogP contribution in [0.1, 0.15) is 13.8 Å². The van der Waals surface area contributed by atoms with Crippen LogP contribution in [-0.2, 0) is 10.0 Å². The van der Waals surface area contributed by atoms with E-state index < -0.39 is 15.4 Å². The summed E-state index contributed by atoms with van der Waals surface area (Å²) in [6.45, 7) is 3.64. The Morgan fingerprint density at radius 2 is 2.21 bits per heavy atom. The molecule has 0 aliphatic carbocycles. The number of H-pyrrole nitrogens is 1. The van der Waals surface area contributed by atoms with Crippen molar-refractivity contribution in [1.29, 1.82) is 0 Å². The molecule has 0 unspecified atom stereocenters. The number of pyridine rings is 1. The summed E-state index contributed by atoms with van der Waals surface area (Å²) in [5.41, 5.74) is 0.0292. The molecule has 2 aromatic rings. The Balaban J connectivity index is 2.30. The summed E-state index contributed by atoms with van der Waals surface area (Å²) in [4.78, 5) is 7.05. The maximum Gasteiger partial charge on any atom is 0.242 e. The molecule has 0 fully saturated rings. The fourth-order valence-electron chi connectivity index (χ4n) is 1.58. The summed E-state index contributed by atoms with van der Waals surface area (Å²) >= 11 is 0. The van der Waals surface area contributed by atoms with Crippen molar-refractivity contribution < 1.29 is 13.5 Å². The summed E-state index contributed by atoms with van der Waals surface area (Å²) < 4.78 is 27.0. The molecule has 0 saturated heterocycles. The van der Waals surface area contributed by atoms with E-state index >= 15 is 0 Å². The van der Waals surface area contributed by atoms with Crippen LogP contribution < -0.4 is 4.72 Å². The third-order valence-electron chi connectivity index (χ3n) is 2.87. The molecule has 6 nitrogen and oxygen atoms in total. The van der Waals surface area contributed by atoms with Crippen LogP contribution in [0.25, 0.3) is 11.0 Å². The number of rotatable bonds is 5. The van der Waals surface area contributed by atoms with Gasteiger partial charge in [-0.3, -0.25) is 0 Å². The Morgan fingerprint density at radius 1 is 1.47 bits per heavy atom. The molecule has 0 atom stereocenters. The molecule has 2 aromatic heterocycles. The number of hydrogen-bond donors (Lipinski definition) is 3. The van der Waals surface area contributed by atoms with Crippen molar-refractivity contribution in [1.82, 2.24) is 14.7 Å². The van der Waals surface area contributed by atoms with Crippen LogP contribution >= 0.6 is 0 Å². The number of sulfonamides is 1. The second-order valence-electron chi connectivity index (χ2n) is 5.20. The Kier molecular flexibility index (Phi) is 3.62. The van der Waals surface area contributed by atoms with Crippen molar-refractivity contribution in [2.24, 2.45) is 5.41 Å². The fourth-order valence-corrected chi connectivity index (χ4v) is 2.98. The molecule has 0 aliphatic rings. The van der Waals surface area contributed by atoms with E-state index in [4.69, 9.17) is 5.11 Å². The lowest BCUT2D eigenvalue weighted by atomic mass is 9.96. The third kappa shape index (κ3) is 2.94. The second-order valence-corrected chi connectivity index (χ2v) is 6.93. The van der Waals surface area contributed by atoms with E-state index in [0.29, 0.717) is 11.0 Å². The highest BCUT2D eigenvalue weighted by molar-refractivity contribution is 7.89. The second kappa shape index (κ2) is 4.92. The summed E-state index contributed by atoms with van der Waals surface area (Å²) in [7, 11) is -3.62. The number of fused-ring (bicyclic) bond motifs is 1. The lowest BCUT2D eigenvalue weighted by Crippen LogP contribution is -2.36. The van der Waals surface area contributed by atoms with Gasteiger partial charge >= 0.3 is 0 Å². The van der Waals surface area contributed by atoms with Crippen LogP contribution in [0.15, 0.2) is 29.4 Å². The largest absolute Gasteiger partial charge is 0.396 e. The molecular weight excluding hydrogens is 266 g/mol. The van der Waals surface area contributed by atoms with Gasteiger partial charge in [0.2, 0.25) is 10.0 Å². The first kappa shape index (κ1) is 14.0. The van der Waals surface area contributed by atoms with E-state index in [0.717, 1.165) is 0 Å². The van der Waals surface area contributed by atoms with E-state index in [-0.39, 0.29) is 18.0 Å². The SMILES string of the molecule is CC(C)(CO)CNS(=O)(=O)c1c[nH]c2ncccc12. The van der Waals surface area contributed by atoms with Crippen LogP contribution in [0.3, 0.4) is 0 Å². The summed E-state index contributed by atoms with van der Waals surface area (Å²) in [6, 6.07) is 3.39. The third-order valence-corrected chi connectivity index (χ3v) is 4.31. The Hall–Kier alpha value is -1.44. The van der Waals surface area contributed by atoms with Crippen LogP contribution in [0.4, 0.5) is 0 Å². The summed E-state index contributed by atoms with van der Waals surface area (Å²) in [6.07, 6.45) is 3.02. The van der Waals surface area contributed by atoms with Gasteiger partial charge in [0, 0.05) is 36.3 Å². The lowest BCUT2D eigenvalue weighted by Gasteiger charge is -2.21. The number of aliphatic hydroxyl groups is 1. The van der Waals surface area contributed by atoms with Crippen molar-refractivity contribution in [3.63, 3.8) is 0 Å². The molecule has 0 bridgehead atoms. The molecule has 0 aromatic carbocycles. The smallest absolute Gasteiger partial charge is 0.242 e. The molecule has 0 saturated carbocycles. The van der Waals surface area contributed by atoms with E-state index in [1.165, 1.54) is 6.20 Å². The van der Waals surface area contributed by atoms with E-state index in [1.54, 1.807) is 32.2 Å². The summed E-state index contributed by atoms with van der Waals surface area (Å²) in [5.74, 6) is 0. The normalized spacial score (nSPS) is 13.0. The van der Waals surface area contributed by atoms with Crippen LogP contribution in [-0.4, -0.2) is 36.6 Å². The molecular formula is C12H17N3O3S. The highest BCUT2D eigenvalue weighted by Gasteiger charge is 2.23. The monoisotopic (exact) mass is 283 g/mol. The lowest BCUT2D eigenvalue weighted by molar-refractivity contribution is 0.163. The van der Waals surface area contributed by atoms with Crippen molar-refractivity contribution in [3.8, 4) is 0 Å². The molecule has 0 aliphatic heterocycles. The molecule has 0 amide bonds. The topological polar surface area (TPSA) is 95.1 Å². The summed E-state index contributed by atoms with van der Waals surface area (Å²) in [5, 5.41) is 9.69. The first-order valence-corrected chi connectivity index (χ1v) is 7.37. The van der Waals surface area contributed by atoms with Gasteiger partial charge in [-0.25, -0.2) is 18.1 Å². The Bertz CT molecular complexity index is 676. The molecule has 0 spiro atoms. The van der Waals surface area contributed by atoms with Crippen LogP contribution in [0.5, 0.6) is 0 Å². The molecule has 0 radical (unpaired) electrons. The molecule has 2 rings (SSSR count). The molecule has 2 heterocycles. The molecule has 104 valence electrons. The van der Waals surface area contributed by atoms with Crippen molar-refractivity contribution in [2.75, 3.05) is 13.2 Å². The number of aromatic nitrogens is 2. The highest BCUT2D eigenvalue weighted by Crippen LogP contribution is 2.21. The number of aliphatic hydroxyl groups excluding tert-OH is 1. The average molecular weight is 283 g/mol. The zero-order valence-electron chi connectivity index (χ0n) is 10.8. The van der Waals surface area contributed by atoms with Gasteiger partial charge in [-0.15, -0.1) is 0 Å². The van der Waals surface area contributed by atoms with Gasteiger partial charge in [-0.2, -0.15) is 0 Å². The van der Waals surface area contributed by atoms with Crippen LogP contribution in [0, 0.1) is 5.41 Å². The fraction of sp³-hybridized carbons (Fsp3) is 0.417. The van der Waals surface area contributed by atoms with Gasteiger partial charge < -0.3 is 10.1 Å². The number of nitrogens with one attached hydrogen (secondary N) is 2. The highest BCUT2D eigenvalue weighted by atomic mass is 32.2. The van der Waals surface area contributed by atoms with Crippen molar-refractivity contribution >= 4 is 21.1 Å². The number of hydrogen-bond acceptors (Lipinski definition) is 4. The molecule has 19 heavy (non-hydrogen) atoms. The number of nitrogens with zero attached hydrogens (tertiary/aromatic N) is 1. The minimum Gasteiger partial charge on any atom is -0.396 e. The first-order valence-electron chi connectivity index (χ1n) is 5.88. The Morgan fingerprint density at radius 3 is 2.89 bits per heavy atom. The number of aromatic amines is 1. The van der Waals surface area contributed by atoms with Crippen molar-refractivity contribution in [2.45, 2.75) is 18.7 Å². The van der Waals surface area contributed by atoms with Gasteiger partial charge in [0.05, 0.1) is 0 Å². The van der Waals surface area contributed by atoms with Crippen LogP contribution in [0.2, 0.25) is 0 Å². The van der Waals surface area contributed by atoms with Crippen molar-refractivity contribution in [3.05, 3.63) is 24.5 Å². The zero-order chi connectivity index (χ0) is 14.1. The molecule has 7 heteroatoms. The minimum absolute atomic E-state index is 0.0923. The van der Waals surface area contributed by atoms with E-state index in [1.807, 2.05) is 0 Å². The zero-order valence-corrected chi connectivity index (χ0v) is 11.7. The van der Waals surface area contributed by atoms with E-state index in [9.17, 15) is 8.42 Å². The predicted octanol–water partition coefficient (Wildman–Crippen LogP) is 0.860. The minimum atomic E-state index is -3.62. The molecule has 3 N–H and O–H groups in total.